The van der Waals surface area contributed by atoms with Gasteiger partial charge in [-0.3, -0.25) is 19.3 Å². The first-order chi connectivity index (χ1) is 26.3. The summed E-state index contributed by atoms with van der Waals surface area (Å²) in [5.41, 5.74) is 0.750. The van der Waals surface area contributed by atoms with Crippen LogP contribution in [-0.2, 0) is 36.9 Å². The molecule has 55 heavy (non-hydrogen) atoms. The number of fused-ring (bicyclic) bond motifs is 3. The second-order valence-corrected chi connectivity index (χ2v) is 15.4. The van der Waals surface area contributed by atoms with Crippen molar-refractivity contribution in [1.82, 2.24) is 38.9 Å². The number of anilines is 2. The predicted molar refractivity (Wildman–Crippen MR) is 199 cm³/mol. The van der Waals surface area contributed by atoms with Crippen molar-refractivity contribution in [2.24, 2.45) is 0 Å². The van der Waals surface area contributed by atoms with E-state index in [9.17, 15) is 32.7 Å². The number of aromatic nitrogens is 6. The third kappa shape index (κ3) is 6.80. The molecule has 7 heterocycles. The molecular weight excluding hydrogens is 761 g/mol. The molecular formula is C36H36ClF3N10O4S. The van der Waals surface area contributed by atoms with Crippen LogP contribution in [0.1, 0.15) is 57.6 Å². The van der Waals surface area contributed by atoms with E-state index in [1.54, 1.807) is 27.7 Å². The van der Waals surface area contributed by atoms with E-state index >= 15 is 0 Å². The third-order valence-corrected chi connectivity index (χ3v) is 12.0. The van der Waals surface area contributed by atoms with Crippen molar-refractivity contribution < 1.29 is 27.9 Å². The van der Waals surface area contributed by atoms with Crippen LogP contribution < -0.4 is 15.8 Å². The van der Waals surface area contributed by atoms with Crippen molar-refractivity contribution >= 4 is 51.9 Å². The van der Waals surface area contributed by atoms with Crippen molar-refractivity contribution in [1.29, 1.82) is 0 Å². The van der Waals surface area contributed by atoms with E-state index in [4.69, 9.17) is 21.7 Å². The molecule has 0 spiro atoms. The zero-order chi connectivity index (χ0) is 38.8. The first-order valence-corrected chi connectivity index (χ1v) is 19.1. The maximum atomic E-state index is 14.4. The fraction of sp³-hybridized carbons (Fsp3) is 0.417. The van der Waals surface area contributed by atoms with Gasteiger partial charge in [0.2, 0.25) is 11.7 Å². The Morgan fingerprint density at radius 1 is 1.11 bits per heavy atom. The second-order valence-electron chi connectivity index (χ2n) is 13.9. The Bertz CT molecular complexity index is 2380. The number of nitrogens with zero attached hydrogens (tertiary/aromatic N) is 9. The zero-order valence-corrected chi connectivity index (χ0v) is 31.4. The van der Waals surface area contributed by atoms with Crippen molar-refractivity contribution in [2.45, 2.75) is 64.8 Å². The summed E-state index contributed by atoms with van der Waals surface area (Å²) in [4.78, 5) is 62.1. The number of alkyl halides is 3. The van der Waals surface area contributed by atoms with Crippen LogP contribution in [-0.4, -0.2) is 94.6 Å². The lowest BCUT2D eigenvalue weighted by molar-refractivity contribution is -0.137. The monoisotopic (exact) mass is 796 g/mol. The molecule has 0 saturated carbocycles. The van der Waals surface area contributed by atoms with Crippen molar-refractivity contribution in [2.75, 3.05) is 42.9 Å². The summed E-state index contributed by atoms with van der Waals surface area (Å²) < 4.78 is 42.7. The van der Waals surface area contributed by atoms with E-state index in [-0.39, 0.29) is 72.0 Å². The number of aryl methyl sites for hydroxylation is 1. The summed E-state index contributed by atoms with van der Waals surface area (Å²) in [7, 11) is 0. The molecule has 288 valence electrons. The highest BCUT2D eigenvalue weighted by Gasteiger charge is 2.34. The van der Waals surface area contributed by atoms with Gasteiger partial charge in [-0.2, -0.15) is 22.7 Å². The fourth-order valence-electron chi connectivity index (χ4n) is 7.72. The van der Waals surface area contributed by atoms with Crippen molar-refractivity contribution in [3.63, 3.8) is 0 Å². The highest BCUT2D eigenvalue weighted by atomic mass is 35.5. The number of thiophene rings is 1. The Kier molecular flexibility index (Phi) is 9.53. The van der Waals surface area contributed by atoms with Crippen LogP contribution in [0.15, 0.2) is 35.4 Å². The van der Waals surface area contributed by atoms with Crippen LogP contribution in [0.5, 0.6) is 5.75 Å². The van der Waals surface area contributed by atoms with Crippen molar-refractivity contribution in [3.8, 4) is 16.5 Å². The summed E-state index contributed by atoms with van der Waals surface area (Å²) >= 11 is 7.78. The quantitative estimate of drug-likeness (QED) is 0.235. The number of carbonyl (C=O) groups is 2. The molecule has 2 fully saturated rings. The molecule has 3 aliphatic rings. The fourth-order valence-corrected chi connectivity index (χ4v) is 9.12. The van der Waals surface area contributed by atoms with Gasteiger partial charge < -0.3 is 24.8 Å². The summed E-state index contributed by atoms with van der Waals surface area (Å²) in [5, 5.41) is 17.5. The molecule has 0 radical (unpaired) electrons. The van der Waals surface area contributed by atoms with Crippen LogP contribution >= 0.6 is 22.9 Å². The van der Waals surface area contributed by atoms with Crippen molar-refractivity contribution in [3.05, 3.63) is 79.1 Å². The SMILES string of the molecule is CCc1c(N2CCN(C(=O)c3ncnc(C)c3O)CC2)c(=O)n2nc(-c3cc4c(s3)C[C@@H]3CCCN3C4)nc2n1CC(=O)Nc1ccc(C(F)(F)F)cc1Cl. The zero-order valence-electron chi connectivity index (χ0n) is 29.9. The standard InChI is InChI=1S/C36H36ClF3N10O4S/c1-3-25-30(46-9-11-47(12-10-46)33(53)29-31(52)19(2)41-18-42-29)34(54)50-35(49(25)17-28(51)43-24-7-6-21(14-23(24)37)36(38,39)40)44-32(45-50)27-13-20-16-48-8-4-5-22(48)15-26(20)55-27/h6-7,13-14,18,22,52H,3-5,8-12,15-17H2,1-2H3,(H,43,51)/t22-/m0/s1. The molecule has 0 aliphatic carbocycles. The van der Waals surface area contributed by atoms with Gasteiger partial charge in [0, 0.05) is 43.6 Å². The summed E-state index contributed by atoms with van der Waals surface area (Å²) in [5.74, 6) is -0.901. The number of piperazine rings is 1. The van der Waals surface area contributed by atoms with E-state index in [1.807, 2.05) is 11.8 Å². The highest BCUT2D eigenvalue weighted by molar-refractivity contribution is 7.15. The largest absolute Gasteiger partial charge is 0.504 e. The van der Waals surface area contributed by atoms with Gasteiger partial charge in [0.1, 0.15) is 18.6 Å². The predicted octanol–water partition coefficient (Wildman–Crippen LogP) is 4.78. The summed E-state index contributed by atoms with van der Waals surface area (Å²) in [6.07, 6.45) is 0.194. The first kappa shape index (κ1) is 36.9. The Morgan fingerprint density at radius 2 is 1.89 bits per heavy atom. The number of nitrogens with one attached hydrogen (secondary N) is 1. The van der Waals surface area contributed by atoms with Gasteiger partial charge >= 0.3 is 6.18 Å². The number of benzene rings is 1. The molecule has 2 N–H and O–H groups in total. The van der Waals surface area contributed by atoms with E-state index < -0.39 is 29.1 Å². The molecule has 1 atom stereocenters. The number of hydrogen-bond acceptors (Lipinski definition) is 11. The maximum Gasteiger partial charge on any atom is 0.416 e. The summed E-state index contributed by atoms with van der Waals surface area (Å²) in [6, 6.07) is 5.27. The minimum Gasteiger partial charge on any atom is -0.504 e. The van der Waals surface area contributed by atoms with E-state index in [0.29, 0.717) is 24.0 Å². The lowest BCUT2D eigenvalue weighted by Crippen LogP contribution is -2.51. The van der Waals surface area contributed by atoms with Gasteiger partial charge in [-0.15, -0.1) is 16.4 Å². The molecule has 8 rings (SSSR count). The Hall–Kier alpha value is -5.07. The molecule has 2 amide bonds. The molecule has 4 aromatic heterocycles. The molecule has 1 aromatic carbocycles. The van der Waals surface area contributed by atoms with E-state index in [1.165, 1.54) is 27.7 Å². The number of halogens is 4. The lowest BCUT2D eigenvalue weighted by Gasteiger charge is -2.36. The molecule has 0 bridgehead atoms. The van der Waals surface area contributed by atoms with Crippen LogP contribution in [0.2, 0.25) is 5.02 Å². The number of rotatable bonds is 7. The van der Waals surface area contributed by atoms with Gasteiger partial charge in [0.05, 0.1) is 32.5 Å². The number of hydrogen-bond donors (Lipinski definition) is 2. The van der Waals surface area contributed by atoms with Gasteiger partial charge in [-0.25, -0.2) is 9.97 Å². The average molecular weight is 797 g/mol. The van der Waals surface area contributed by atoms with Crippen LogP contribution in [0, 0.1) is 6.92 Å². The van der Waals surface area contributed by atoms with Crippen LogP contribution in [0.25, 0.3) is 16.5 Å². The highest BCUT2D eigenvalue weighted by Crippen LogP contribution is 2.38. The minimum absolute atomic E-state index is 0.00691. The Balaban J connectivity index is 1.15. The van der Waals surface area contributed by atoms with Gasteiger partial charge in [0.25, 0.3) is 11.5 Å². The number of aromatic hydroxyl groups is 1. The van der Waals surface area contributed by atoms with E-state index in [0.717, 1.165) is 49.0 Å². The smallest absolute Gasteiger partial charge is 0.416 e. The Labute approximate surface area is 321 Å². The van der Waals surface area contributed by atoms with E-state index in [2.05, 4.69) is 26.3 Å². The van der Waals surface area contributed by atoms with Gasteiger partial charge in [-0.05, 0) is 69.0 Å². The average Bonchev–Trinajstić information content (AvgIpc) is 3.91. The second kappa shape index (κ2) is 14.2. The number of amides is 2. The van der Waals surface area contributed by atoms with Gasteiger partial charge in [0.15, 0.2) is 17.3 Å². The first-order valence-electron chi connectivity index (χ1n) is 17.9. The molecule has 5 aromatic rings. The minimum atomic E-state index is -4.61. The normalized spacial score (nSPS) is 17.5. The molecule has 14 nitrogen and oxygen atoms in total. The molecule has 2 saturated heterocycles. The molecule has 19 heteroatoms. The van der Waals surface area contributed by atoms with Crippen LogP contribution in [0.3, 0.4) is 0 Å². The Morgan fingerprint density at radius 3 is 2.62 bits per heavy atom. The molecule has 0 unspecified atom stereocenters. The summed E-state index contributed by atoms with van der Waals surface area (Å²) in [6.45, 7) is 5.86. The maximum absolute atomic E-state index is 14.4. The van der Waals surface area contributed by atoms with Gasteiger partial charge in [-0.1, -0.05) is 18.5 Å². The topological polar surface area (TPSA) is 154 Å². The third-order valence-electron chi connectivity index (χ3n) is 10.5. The lowest BCUT2D eigenvalue weighted by atomic mass is 10.0. The van der Waals surface area contributed by atoms with Crippen LogP contribution in [0.4, 0.5) is 24.5 Å². The number of carbonyl (C=O) groups excluding carboxylic acids is 2. The molecule has 3 aliphatic heterocycles.